The maximum atomic E-state index is 13.2. The summed E-state index contributed by atoms with van der Waals surface area (Å²) in [5.41, 5.74) is 0. The Balaban J connectivity index is 2.83. The Labute approximate surface area is 111 Å². The molecule has 0 aliphatic rings. The molecular formula is C14H25N2OP. The second-order valence-electron chi connectivity index (χ2n) is 5.28. The molecule has 0 heterocycles. The maximum Gasteiger partial charge on any atom is 0.118 e. The van der Waals surface area contributed by atoms with Gasteiger partial charge in [0, 0.05) is 30.7 Å². The molecule has 0 aromatic heterocycles. The van der Waals surface area contributed by atoms with Gasteiger partial charge in [0.05, 0.1) is 0 Å². The lowest BCUT2D eigenvalue weighted by Crippen LogP contribution is -2.25. The van der Waals surface area contributed by atoms with Crippen LogP contribution in [-0.2, 0) is 4.57 Å². The van der Waals surface area contributed by atoms with E-state index in [-0.39, 0.29) is 0 Å². The summed E-state index contributed by atoms with van der Waals surface area (Å²) in [6.45, 7) is 1.75. The number of nitrogens with zero attached hydrogens (tertiary/aromatic N) is 2. The fourth-order valence-electron chi connectivity index (χ4n) is 1.79. The van der Waals surface area contributed by atoms with Crippen LogP contribution < -0.4 is 5.30 Å². The first kappa shape index (κ1) is 15.4. The molecule has 1 rings (SSSR count). The molecule has 0 bridgehead atoms. The molecule has 3 nitrogen and oxygen atoms in total. The molecule has 0 fully saturated rings. The standard InChI is InChI=1S/C14H25N2OP/c1-15(2)10-12-18(17,13-11-16(3)4)14-8-6-5-7-9-14/h5-9H,10-13H2,1-4H3. The van der Waals surface area contributed by atoms with Crippen LogP contribution >= 0.6 is 7.14 Å². The van der Waals surface area contributed by atoms with Crippen molar-refractivity contribution in [1.82, 2.24) is 9.80 Å². The quantitative estimate of drug-likeness (QED) is 0.705. The van der Waals surface area contributed by atoms with Crippen LogP contribution in [0, 0.1) is 0 Å². The SMILES string of the molecule is CN(C)CCP(=O)(CCN(C)C)c1ccccc1. The van der Waals surface area contributed by atoms with E-state index in [4.69, 9.17) is 0 Å². The van der Waals surface area contributed by atoms with Gasteiger partial charge in [-0.2, -0.15) is 0 Å². The number of hydrogen-bond donors (Lipinski definition) is 0. The van der Waals surface area contributed by atoms with Gasteiger partial charge in [0.2, 0.25) is 0 Å². The van der Waals surface area contributed by atoms with Crippen molar-refractivity contribution >= 4 is 12.4 Å². The van der Waals surface area contributed by atoms with Gasteiger partial charge < -0.3 is 14.4 Å². The molecule has 0 N–H and O–H groups in total. The van der Waals surface area contributed by atoms with Gasteiger partial charge in [-0.25, -0.2) is 0 Å². The highest BCUT2D eigenvalue weighted by Crippen LogP contribution is 2.43. The summed E-state index contributed by atoms with van der Waals surface area (Å²) >= 11 is 0. The molecule has 0 spiro atoms. The zero-order valence-corrected chi connectivity index (χ0v) is 12.9. The first-order valence-corrected chi connectivity index (χ1v) is 8.45. The Morgan fingerprint density at radius 2 is 1.33 bits per heavy atom. The minimum absolute atomic E-state index is 0.762. The second-order valence-corrected chi connectivity index (χ2v) is 8.47. The summed E-state index contributed by atoms with van der Waals surface area (Å²) in [6.07, 6.45) is 1.52. The zero-order valence-electron chi connectivity index (χ0n) is 12.0. The van der Waals surface area contributed by atoms with E-state index in [0.717, 1.165) is 30.7 Å². The number of benzene rings is 1. The molecule has 18 heavy (non-hydrogen) atoms. The van der Waals surface area contributed by atoms with E-state index in [1.807, 2.05) is 58.5 Å². The molecular weight excluding hydrogens is 243 g/mol. The summed E-state index contributed by atoms with van der Waals surface area (Å²) in [5, 5.41) is 1.02. The van der Waals surface area contributed by atoms with Gasteiger partial charge in [-0.05, 0) is 28.2 Å². The molecule has 0 atom stereocenters. The fourth-order valence-corrected chi connectivity index (χ4v) is 4.69. The van der Waals surface area contributed by atoms with Crippen molar-refractivity contribution in [2.75, 3.05) is 53.6 Å². The molecule has 4 heteroatoms. The van der Waals surface area contributed by atoms with E-state index in [2.05, 4.69) is 9.80 Å². The predicted molar refractivity (Wildman–Crippen MR) is 80.5 cm³/mol. The molecule has 1 aromatic carbocycles. The fraction of sp³-hybridized carbons (Fsp3) is 0.571. The zero-order chi connectivity index (χ0) is 13.6. The minimum Gasteiger partial charge on any atom is -0.319 e. The summed E-state index contributed by atoms with van der Waals surface area (Å²) in [5.74, 6) is 0. The number of hydrogen-bond acceptors (Lipinski definition) is 3. The van der Waals surface area contributed by atoms with Gasteiger partial charge in [0.25, 0.3) is 0 Å². The molecule has 0 radical (unpaired) electrons. The van der Waals surface area contributed by atoms with E-state index >= 15 is 0 Å². The average molecular weight is 268 g/mol. The van der Waals surface area contributed by atoms with E-state index in [9.17, 15) is 4.57 Å². The molecule has 0 unspecified atom stereocenters. The predicted octanol–water partition coefficient (Wildman–Crippen LogP) is 1.80. The van der Waals surface area contributed by atoms with Crippen LogP contribution in [0.2, 0.25) is 0 Å². The third kappa shape index (κ3) is 4.93. The van der Waals surface area contributed by atoms with Crippen molar-refractivity contribution < 1.29 is 4.57 Å². The van der Waals surface area contributed by atoms with Crippen molar-refractivity contribution in [2.45, 2.75) is 0 Å². The van der Waals surface area contributed by atoms with Crippen LogP contribution in [0.25, 0.3) is 0 Å². The monoisotopic (exact) mass is 268 g/mol. The topological polar surface area (TPSA) is 23.6 Å². The van der Waals surface area contributed by atoms with E-state index in [1.54, 1.807) is 0 Å². The lowest BCUT2D eigenvalue weighted by Gasteiger charge is -2.22. The van der Waals surface area contributed by atoms with Crippen LogP contribution in [0.4, 0.5) is 0 Å². The molecule has 0 saturated carbocycles. The van der Waals surface area contributed by atoms with Gasteiger partial charge >= 0.3 is 0 Å². The van der Waals surface area contributed by atoms with Crippen molar-refractivity contribution in [3.05, 3.63) is 30.3 Å². The van der Waals surface area contributed by atoms with Crippen LogP contribution in [0.3, 0.4) is 0 Å². The van der Waals surface area contributed by atoms with Crippen molar-refractivity contribution in [1.29, 1.82) is 0 Å². The number of rotatable bonds is 7. The molecule has 102 valence electrons. The van der Waals surface area contributed by atoms with Crippen molar-refractivity contribution in [2.24, 2.45) is 0 Å². The molecule has 0 aliphatic carbocycles. The van der Waals surface area contributed by atoms with Crippen LogP contribution in [0.1, 0.15) is 0 Å². The normalized spacial score (nSPS) is 12.3. The highest BCUT2D eigenvalue weighted by Gasteiger charge is 2.24. The lowest BCUT2D eigenvalue weighted by atomic mass is 10.4. The van der Waals surface area contributed by atoms with Gasteiger partial charge in [0.15, 0.2) is 0 Å². The van der Waals surface area contributed by atoms with Crippen LogP contribution in [0.15, 0.2) is 30.3 Å². The van der Waals surface area contributed by atoms with Crippen molar-refractivity contribution in [3.8, 4) is 0 Å². The van der Waals surface area contributed by atoms with Gasteiger partial charge in [0.1, 0.15) is 7.14 Å². The summed E-state index contributed by atoms with van der Waals surface area (Å²) in [6, 6.07) is 9.95. The van der Waals surface area contributed by atoms with E-state index in [0.29, 0.717) is 0 Å². The smallest absolute Gasteiger partial charge is 0.118 e. The van der Waals surface area contributed by atoms with E-state index < -0.39 is 7.14 Å². The van der Waals surface area contributed by atoms with Crippen LogP contribution in [-0.4, -0.2) is 63.4 Å². The van der Waals surface area contributed by atoms with Crippen LogP contribution in [0.5, 0.6) is 0 Å². The second kappa shape index (κ2) is 7.08. The Morgan fingerprint density at radius 3 is 1.72 bits per heavy atom. The maximum absolute atomic E-state index is 13.2. The van der Waals surface area contributed by atoms with Gasteiger partial charge in [-0.15, -0.1) is 0 Å². The highest BCUT2D eigenvalue weighted by molar-refractivity contribution is 7.71. The summed E-state index contributed by atoms with van der Waals surface area (Å²) in [7, 11) is 5.85. The first-order valence-electron chi connectivity index (χ1n) is 6.37. The van der Waals surface area contributed by atoms with Crippen molar-refractivity contribution in [3.63, 3.8) is 0 Å². The summed E-state index contributed by atoms with van der Waals surface area (Å²) in [4.78, 5) is 4.20. The third-order valence-electron chi connectivity index (χ3n) is 3.04. The van der Waals surface area contributed by atoms with E-state index in [1.165, 1.54) is 0 Å². The Morgan fingerprint density at radius 1 is 0.889 bits per heavy atom. The van der Waals surface area contributed by atoms with Gasteiger partial charge in [-0.1, -0.05) is 30.3 Å². The lowest BCUT2D eigenvalue weighted by molar-refractivity contribution is 0.424. The molecule has 0 saturated heterocycles. The molecule has 1 aromatic rings. The Bertz CT molecular complexity index is 374. The third-order valence-corrected chi connectivity index (χ3v) is 6.13. The average Bonchev–Trinajstić information content (AvgIpc) is 2.35. The summed E-state index contributed by atoms with van der Waals surface area (Å²) < 4.78 is 13.2. The molecule has 0 aliphatic heterocycles. The highest BCUT2D eigenvalue weighted by atomic mass is 31.2. The largest absolute Gasteiger partial charge is 0.319 e. The molecule has 0 amide bonds. The minimum atomic E-state index is -2.26. The Hall–Kier alpha value is -0.630. The van der Waals surface area contributed by atoms with Gasteiger partial charge in [-0.3, -0.25) is 0 Å². The first-order chi connectivity index (χ1) is 8.44. The Kier molecular flexibility index (Phi) is 6.07.